The molecular formula is C28H25ClN8O3. The van der Waals surface area contributed by atoms with E-state index in [1.54, 1.807) is 36.7 Å². The van der Waals surface area contributed by atoms with Crippen LogP contribution in [0.5, 0.6) is 0 Å². The summed E-state index contributed by atoms with van der Waals surface area (Å²) >= 11 is 6.30. The van der Waals surface area contributed by atoms with Crippen molar-refractivity contribution in [1.82, 2.24) is 30.0 Å². The molecule has 6 rings (SSSR count). The highest BCUT2D eigenvalue weighted by molar-refractivity contribution is 6.31. The molecule has 1 aliphatic rings. The molecule has 1 aliphatic carbocycles. The zero-order valence-corrected chi connectivity index (χ0v) is 22.3. The molecule has 11 nitrogen and oxygen atoms in total. The van der Waals surface area contributed by atoms with Crippen molar-refractivity contribution in [2.45, 2.75) is 25.3 Å². The molecule has 0 unspecified atom stereocenters. The Hall–Kier alpha value is -4.77. The van der Waals surface area contributed by atoms with E-state index in [0.717, 1.165) is 40.7 Å². The van der Waals surface area contributed by atoms with Crippen molar-refractivity contribution in [2.24, 2.45) is 5.92 Å². The first-order chi connectivity index (χ1) is 19.5. The summed E-state index contributed by atoms with van der Waals surface area (Å²) in [6.07, 6.45) is 9.39. The monoisotopic (exact) mass is 556 g/mol. The smallest absolute Gasteiger partial charge is 0.411 e. The highest BCUT2D eigenvalue weighted by Gasteiger charge is 2.32. The van der Waals surface area contributed by atoms with Crippen LogP contribution in [0.1, 0.15) is 31.0 Å². The Bertz CT molecular complexity index is 1650. The number of hydrogen-bond donors (Lipinski definition) is 1. The number of carbonyl (C=O) groups excluding carboxylic acids is 1. The molecule has 3 aromatic heterocycles. The Morgan fingerprint density at radius 3 is 2.65 bits per heavy atom. The van der Waals surface area contributed by atoms with Gasteiger partial charge in [-0.05, 0) is 64.7 Å². The fraction of sp³-hybridized carbons (Fsp3) is 0.214. The van der Waals surface area contributed by atoms with Crippen molar-refractivity contribution in [3.63, 3.8) is 0 Å². The lowest BCUT2D eigenvalue weighted by Gasteiger charge is -2.18. The van der Waals surface area contributed by atoms with E-state index in [4.69, 9.17) is 11.6 Å². The van der Waals surface area contributed by atoms with Crippen LogP contribution in [0.2, 0.25) is 5.02 Å². The number of hydrogen-bond acceptors (Lipinski definition) is 7. The highest BCUT2D eigenvalue weighted by Crippen LogP contribution is 2.39. The summed E-state index contributed by atoms with van der Waals surface area (Å²) in [5.41, 5.74) is 5.22. The van der Waals surface area contributed by atoms with Gasteiger partial charge in [0, 0.05) is 39.7 Å². The van der Waals surface area contributed by atoms with Crippen molar-refractivity contribution in [3.05, 3.63) is 95.4 Å². The van der Waals surface area contributed by atoms with Crippen LogP contribution in [-0.4, -0.2) is 43.2 Å². The molecule has 0 radical (unpaired) electrons. The van der Waals surface area contributed by atoms with Crippen LogP contribution in [-0.2, 0) is 4.74 Å². The Kier molecular flexibility index (Phi) is 6.87. The van der Waals surface area contributed by atoms with Gasteiger partial charge >= 0.3 is 6.09 Å². The lowest BCUT2D eigenvalue weighted by molar-refractivity contribution is -0.615. The normalized spacial score (nSPS) is 13.7. The third-order valence-electron chi connectivity index (χ3n) is 6.98. The fourth-order valence-corrected chi connectivity index (χ4v) is 4.90. The average molecular weight is 557 g/mol. The fourth-order valence-electron chi connectivity index (χ4n) is 4.73. The highest BCUT2D eigenvalue weighted by atomic mass is 35.5. The molecule has 0 aliphatic heterocycles. The first-order valence-electron chi connectivity index (χ1n) is 12.7. The van der Waals surface area contributed by atoms with Gasteiger partial charge in [-0.3, -0.25) is 10.00 Å². The third kappa shape index (κ3) is 5.36. The molecule has 1 fully saturated rings. The Morgan fingerprint density at radius 2 is 1.95 bits per heavy atom. The summed E-state index contributed by atoms with van der Waals surface area (Å²) in [4.78, 5) is 11.5. The van der Waals surface area contributed by atoms with Crippen LogP contribution in [0.4, 0.5) is 10.5 Å². The molecule has 0 bridgehead atoms. The Balaban J connectivity index is 1.30. The predicted octanol–water partition coefficient (Wildman–Crippen LogP) is 5.05. The molecule has 0 spiro atoms. The van der Waals surface area contributed by atoms with Crippen molar-refractivity contribution >= 4 is 23.4 Å². The van der Waals surface area contributed by atoms with Gasteiger partial charge in [-0.1, -0.05) is 36.6 Å². The summed E-state index contributed by atoms with van der Waals surface area (Å²) in [5.74, 6) is 0.556. The predicted molar refractivity (Wildman–Crippen MR) is 148 cm³/mol. The number of ether oxygens (including phenoxy) is 1. The molecule has 1 N–H and O–H groups in total. The van der Waals surface area contributed by atoms with E-state index in [9.17, 15) is 10.0 Å². The van der Waals surface area contributed by atoms with E-state index >= 15 is 0 Å². The second kappa shape index (κ2) is 10.8. The number of methoxy groups -OCH3 is 1. The van der Waals surface area contributed by atoms with Crippen molar-refractivity contribution < 1.29 is 14.3 Å². The lowest BCUT2D eigenvalue weighted by Crippen LogP contribution is -2.35. The minimum atomic E-state index is -0.526. The number of aromatic nitrogens is 7. The number of nitrogens with one attached hydrogen (secondary N) is 1. The Labute approximate surface area is 234 Å². The summed E-state index contributed by atoms with van der Waals surface area (Å²) in [6, 6.07) is 16.3. The van der Waals surface area contributed by atoms with Crippen LogP contribution in [0.3, 0.4) is 0 Å². The first kappa shape index (κ1) is 25.5. The van der Waals surface area contributed by atoms with Gasteiger partial charge < -0.3 is 9.94 Å². The molecule has 1 saturated carbocycles. The van der Waals surface area contributed by atoms with E-state index in [2.05, 4.69) is 30.7 Å². The van der Waals surface area contributed by atoms with E-state index in [0.29, 0.717) is 33.6 Å². The number of halogens is 1. The van der Waals surface area contributed by atoms with Gasteiger partial charge in [0.15, 0.2) is 6.20 Å². The number of amides is 1. The maximum Gasteiger partial charge on any atom is 0.411 e. The van der Waals surface area contributed by atoms with Crippen LogP contribution in [0.25, 0.3) is 27.9 Å². The van der Waals surface area contributed by atoms with E-state index in [1.807, 2.05) is 41.2 Å². The van der Waals surface area contributed by atoms with E-state index in [1.165, 1.54) is 18.1 Å². The average Bonchev–Trinajstić information content (AvgIpc) is 3.39. The summed E-state index contributed by atoms with van der Waals surface area (Å²) < 4.78 is 8.96. The molecule has 0 saturated heterocycles. The minimum absolute atomic E-state index is 0.230. The lowest BCUT2D eigenvalue weighted by atomic mass is 10.0. The number of pyridine rings is 1. The zero-order chi connectivity index (χ0) is 27.6. The zero-order valence-electron chi connectivity index (χ0n) is 21.5. The number of nitrogens with zero attached hydrogens (tertiary/aromatic N) is 7. The molecule has 1 amide bonds. The molecular weight excluding hydrogens is 532 g/mol. The number of rotatable bonds is 8. The van der Waals surface area contributed by atoms with E-state index in [-0.39, 0.29) is 6.04 Å². The van der Waals surface area contributed by atoms with Crippen LogP contribution in [0, 0.1) is 11.1 Å². The van der Waals surface area contributed by atoms with Gasteiger partial charge in [0.1, 0.15) is 12.4 Å². The molecule has 202 valence electrons. The first-order valence-corrected chi connectivity index (χ1v) is 13.1. The Morgan fingerprint density at radius 1 is 1.15 bits per heavy atom. The number of carbonyl (C=O) groups is 1. The molecule has 2 aromatic carbocycles. The second-order valence-corrected chi connectivity index (χ2v) is 10.1. The van der Waals surface area contributed by atoms with Gasteiger partial charge in [0.05, 0.1) is 19.0 Å². The molecule has 1 atom stereocenters. The maximum absolute atomic E-state index is 13.5. The van der Waals surface area contributed by atoms with Gasteiger partial charge in [-0.15, -0.1) is 5.10 Å². The molecule has 12 heteroatoms. The van der Waals surface area contributed by atoms with Gasteiger partial charge in [-0.2, -0.15) is 14.5 Å². The number of benzene rings is 2. The second-order valence-electron chi connectivity index (χ2n) is 9.68. The van der Waals surface area contributed by atoms with Crippen LogP contribution >= 0.6 is 11.6 Å². The number of tetrazole rings is 1. The van der Waals surface area contributed by atoms with Gasteiger partial charge in [0.2, 0.25) is 5.69 Å². The SMILES string of the molecule is COC(=O)Nc1ccc(-c2cnn([C@H](CC3CC3)c3ccc(-c4cc(Cl)ccc4-n4cnnn4)c[n+]3[O-])c2)cc1. The van der Waals surface area contributed by atoms with Crippen molar-refractivity contribution in [2.75, 3.05) is 12.4 Å². The topological polar surface area (TPSA) is 127 Å². The quantitative estimate of drug-likeness (QED) is 0.209. The number of anilines is 1. The van der Waals surface area contributed by atoms with Crippen LogP contribution in [0.15, 0.2) is 79.5 Å². The molecule has 40 heavy (non-hydrogen) atoms. The van der Waals surface area contributed by atoms with Crippen molar-refractivity contribution in [1.29, 1.82) is 0 Å². The molecule has 5 aromatic rings. The largest absolute Gasteiger partial charge is 0.618 e. The minimum Gasteiger partial charge on any atom is -0.618 e. The van der Waals surface area contributed by atoms with Gasteiger partial charge in [-0.25, -0.2) is 4.79 Å². The van der Waals surface area contributed by atoms with Gasteiger partial charge in [0.25, 0.3) is 0 Å². The van der Waals surface area contributed by atoms with Crippen LogP contribution < -0.4 is 10.0 Å². The van der Waals surface area contributed by atoms with Crippen molar-refractivity contribution in [3.8, 4) is 27.9 Å². The summed E-state index contributed by atoms with van der Waals surface area (Å²) in [6.45, 7) is 0. The third-order valence-corrected chi connectivity index (χ3v) is 7.21. The maximum atomic E-state index is 13.5. The summed E-state index contributed by atoms with van der Waals surface area (Å²) in [5, 5.41) is 32.8. The summed E-state index contributed by atoms with van der Waals surface area (Å²) in [7, 11) is 1.32. The molecule has 3 heterocycles. The van der Waals surface area contributed by atoms with E-state index < -0.39 is 6.09 Å². The standard InChI is InChI=1S/C28H25ClN8O3/c1-40-28(38)32-23-8-4-19(5-9-23)21-14-31-35(15-21)27(12-18-2-3-18)26-10-6-20(16-37(26)39)24-13-22(29)7-11-25(24)36-17-30-33-34-36/h4-11,13-18,27H,2-3,12H2,1H3,(H,32,38)/t27-/m1/s1.